The van der Waals surface area contributed by atoms with Crippen LogP contribution in [0.3, 0.4) is 0 Å². The lowest BCUT2D eigenvalue weighted by molar-refractivity contribution is 0.260. The molecule has 1 saturated heterocycles. The van der Waals surface area contributed by atoms with Crippen molar-refractivity contribution >= 4 is 28.4 Å². The Morgan fingerprint density at radius 2 is 1.95 bits per heavy atom. The highest BCUT2D eigenvalue weighted by atomic mass is 19.2. The van der Waals surface area contributed by atoms with Crippen molar-refractivity contribution in [3.05, 3.63) is 72.7 Å². The van der Waals surface area contributed by atoms with Gasteiger partial charge in [-0.15, -0.1) is 0 Å². The minimum absolute atomic E-state index is 0.0172. The number of nitriles is 1. The molecule has 6 rings (SSSR count). The molecule has 1 aliphatic heterocycles. The summed E-state index contributed by atoms with van der Waals surface area (Å²) in [4.78, 5) is 22.7. The van der Waals surface area contributed by atoms with Gasteiger partial charge in [0, 0.05) is 42.0 Å². The lowest BCUT2D eigenvalue weighted by Crippen LogP contribution is -2.37. The first-order valence-electron chi connectivity index (χ1n) is 13.0. The van der Waals surface area contributed by atoms with Crippen molar-refractivity contribution in [1.82, 2.24) is 34.7 Å². The normalized spacial score (nSPS) is 14.8. The summed E-state index contributed by atoms with van der Waals surface area (Å²) in [5.74, 6) is -0.479. The smallest absolute Gasteiger partial charge is 0.182 e. The van der Waals surface area contributed by atoms with Crippen molar-refractivity contribution in [2.75, 3.05) is 23.3 Å². The molecule has 10 nitrogen and oxygen atoms in total. The molecular weight excluding hydrogens is 514 g/mol. The lowest BCUT2D eigenvalue weighted by Gasteiger charge is -2.36. The zero-order valence-electron chi connectivity index (χ0n) is 21.7. The summed E-state index contributed by atoms with van der Waals surface area (Å²) < 4.78 is 29.8. The number of hydrogen-bond donors (Lipinski definition) is 2. The Bertz CT molecular complexity index is 1700. The number of rotatable bonds is 7. The van der Waals surface area contributed by atoms with Gasteiger partial charge in [-0.25, -0.2) is 28.7 Å². The highest BCUT2D eigenvalue weighted by molar-refractivity contribution is 5.90. The molecular formula is C28H26F2N10. The molecule has 12 heteroatoms. The minimum Gasteiger partial charge on any atom is -0.356 e. The number of aromatic amines is 1. The molecule has 5 aromatic rings. The first-order valence-corrected chi connectivity index (χ1v) is 13.0. The molecule has 1 aromatic carbocycles. The molecule has 1 fully saturated rings. The van der Waals surface area contributed by atoms with E-state index in [0.29, 0.717) is 12.2 Å². The molecule has 40 heavy (non-hydrogen) atoms. The monoisotopic (exact) mass is 540 g/mol. The van der Waals surface area contributed by atoms with E-state index >= 15 is 0 Å². The molecule has 202 valence electrons. The Hall–Kier alpha value is -4.92. The predicted octanol–water partition coefficient (Wildman–Crippen LogP) is 5.31. The van der Waals surface area contributed by atoms with E-state index in [9.17, 15) is 14.0 Å². The van der Waals surface area contributed by atoms with Gasteiger partial charge in [0.2, 0.25) is 0 Å². The second kappa shape index (κ2) is 10.7. The molecule has 0 radical (unpaired) electrons. The van der Waals surface area contributed by atoms with Gasteiger partial charge in [0.15, 0.2) is 11.6 Å². The van der Waals surface area contributed by atoms with E-state index in [4.69, 9.17) is 0 Å². The van der Waals surface area contributed by atoms with Crippen LogP contribution in [0.15, 0.2) is 55.5 Å². The van der Waals surface area contributed by atoms with Crippen LogP contribution in [0.4, 0.5) is 26.1 Å². The fraction of sp³-hybridized carbons (Fsp3) is 0.286. The highest BCUT2D eigenvalue weighted by Gasteiger charge is 2.30. The van der Waals surface area contributed by atoms with Crippen molar-refractivity contribution in [3.8, 4) is 17.3 Å². The van der Waals surface area contributed by atoms with Gasteiger partial charge in [0.1, 0.15) is 29.9 Å². The topological polar surface area (TPSA) is 124 Å². The Kier molecular flexibility index (Phi) is 6.77. The second-order valence-electron chi connectivity index (χ2n) is 9.82. The summed E-state index contributed by atoms with van der Waals surface area (Å²) in [7, 11) is 0. The average molecular weight is 541 g/mol. The van der Waals surface area contributed by atoms with Crippen LogP contribution < -0.4 is 10.2 Å². The number of nitrogens with one attached hydrogen (secondary N) is 2. The maximum atomic E-state index is 14.2. The van der Waals surface area contributed by atoms with Gasteiger partial charge in [-0.05, 0) is 43.9 Å². The molecule has 4 aromatic heterocycles. The highest BCUT2D eigenvalue weighted by Crippen LogP contribution is 2.35. The fourth-order valence-corrected chi connectivity index (χ4v) is 5.42. The number of benzene rings is 1. The van der Waals surface area contributed by atoms with Gasteiger partial charge >= 0.3 is 0 Å². The van der Waals surface area contributed by atoms with E-state index < -0.39 is 11.6 Å². The number of halogens is 2. The SMILES string of the molecule is Cc1c(Nc2cccc(F)c2F)ncnc1N1CCC(C(CC#N)n2cc(-c3ncnc4[nH]ccc34)cn2)CC1. The summed E-state index contributed by atoms with van der Waals surface area (Å²) in [6.07, 6.45) is 10.5. The molecule has 0 amide bonds. The van der Waals surface area contributed by atoms with Crippen LogP contribution in [0.2, 0.25) is 0 Å². The molecule has 5 heterocycles. The molecule has 0 aliphatic carbocycles. The lowest BCUT2D eigenvalue weighted by atomic mass is 9.87. The van der Waals surface area contributed by atoms with E-state index in [-0.39, 0.29) is 17.6 Å². The first kappa shape index (κ1) is 25.4. The number of aromatic nitrogens is 7. The van der Waals surface area contributed by atoms with Crippen molar-refractivity contribution in [2.24, 2.45) is 5.92 Å². The molecule has 2 N–H and O–H groups in total. The third-order valence-electron chi connectivity index (χ3n) is 7.51. The quantitative estimate of drug-likeness (QED) is 0.285. The molecule has 1 unspecified atom stereocenters. The number of nitrogens with zero attached hydrogens (tertiary/aromatic N) is 8. The Morgan fingerprint density at radius 3 is 2.77 bits per heavy atom. The van der Waals surface area contributed by atoms with Crippen LogP contribution in [-0.2, 0) is 0 Å². The molecule has 0 saturated carbocycles. The second-order valence-corrected chi connectivity index (χ2v) is 9.82. The number of anilines is 3. The largest absolute Gasteiger partial charge is 0.356 e. The summed E-state index contributed by atoms with van der Waals surface area (Å²) in [5, 5.41) is 18.1. The third kappa shape index (κ3) is 4.70. The Morgan fingerprint density at radius 1 is 1.12 bits per heavy atom. The summed E-state index contributed by atoms with van der Waals surface area (Å²) >= 11 is 0. The number of H-pyrrole nitrogens is 1. The zero-order valence-corrected chi connectivity index (χ0v) is 21.7. The van der Waals surface area contributed by atoms with Crippen molar-refractivity contribution < 1.29 is 8.78 Å². The summed E-state index contributed by atoms with van der Waals surface area (Å²) in [6.45, 7) is 3.31. The van der Waals surface area contributed by atoms with E-state index in [2.05, 4.69) is 46.3 Å². The van der Waals surface area contributed by atoms with E-state index in [1.165, 1.54) is 24.8 Å². The van der Waals surface area contributed by atoms with Crippen LogP contribution in [-0.4, -0.2) is 47.8 Å². The summed E-state index contributed by atoms with van der Waals surface area (Å²) in [6, 6.07) is 8.18. The van der Waals surface area contributed by atoms with Gasteiger partial charge < -0.3 is 15.2 Å². The van der Waals surface area contributed by atoms with Gasteiger partial charge in [0.25, 0.3) is 0 Å². The van der Waals surface area contributed by atoms with Crippen LogP contribution in [0, 0.1) is 35.8 Å². The predicted molar refractivity (Wildman–Crippen MR) is 146 cm³/mol. The average Bonchev–Trinajstić information content (AvgIpc) is 3.66. The maximum absolute atomic E-state index is 14.2. The minimum atomic E-state index is -0.953. The number of piperidine rings is 1. The van der Waals surface area contributed by atoms with Gasteiger partial charge in [0.05, 0.1) is 36.1 Å². The van der Waals surface area contributed by atoms with Gasteiger partial charge in [-0.1, -0.05) is 6.07 Å². The Balaban J connectivity index is 1.18. The van der Waals surface area contributed by atoms with E-state index in [1.807, 2.05) is 30.1 Å². The van der Waals surface area contributed by atoms with Crippen LogP contribution in [0.25, 0.3) is 22.3 Å². The molecule has 1 aliphatic rings. The van der Waals surface area contributed by atoms with Gasteiger partial charge in [-0.3, -0.25) is 4.68 Å². The van der Waals surface area contributed by atoms with Crippen LogP contribution in [0.5, 0.6) is 0 Å². The van der Waals surface area contributed by atoms with Crippen molar-refractivity contribution in [2.45, 2.75) is 32.2 Å². The molecule has 0 spiro atoms. The maximum Gasteiger partial charge on any atom is 0.182 e. The Labute approximate surface area is 228 Å². The standard InChI is InChI=1S/C28H26F2N10/c1-17-26(38-22-4-2-3-21(29)24(22)30)34-16-36-28(17)39-11-7-18(8-12-39)23(5-9-31)40-14-19(13-37-40)25-20-6-10-32-27(20)35-15-33-25/h2-4,6,10,13-16,18,23H,5,7-8,11-12H2,1H3,(H,32,33,35)(H,34,36,38). The third-order valence-corrected chi connectivity index (χ3v) is 7.51. The van der Waals surface area contributed by atoms with Crippen LogP contribution >= 0.6 is 0 Å². The van der Waals surface area contributed by atoms with Crippen molar-refractivity contribution in [3.63, 3.8) is 0 Å². The first-order chi connectivity index (χ1) is 19.5. The van der Waals surface area contributed by atoms with Crippen molar-refractivity contribution in [1.29, 1.82) is 5.26 Å². The van der Waals surface area contributed by atoms with E-state index in [0.717, 1.165) is 65.7 Å². The molecule has 1 atom stereocenters. The molecule has 0 bridgehead atoms. The number of fused-ring (bicyclic) bond motifs is 1. The van der Waals surface area contributed by atoms with E-state index in [1.54, 1.807) is 6.20 Å². The fourth-order valence-electron chi connectivity index (χ4n) is 5.42. The summed E-state index contributed by atoms with van der Waals surface area (Å²) in [5.41, 5.74) is 3.20. The van der Waals surface area contributed by atoms with Gasteiger partial charge in [-0.2, -0.15) is 10.4 Å². The number of hydrogen-bond acceptors (Lipinski definition) is 8. The zero-order chi connectivity index (χ0) is 27.6. The van der Waals surface area contributed by atoms with Crippen LogP contribution in [0.1, 0.15) is 30.9 Å².